The van der Waals surface area contributed by atoms with Crippen molar-refractivity contribution in [2.24, 2.45) is 11.8 Å². The van der Waals surface area contributed by atoms with Gasteiger partial charge in [-0.05, 0) is 41.8 Å². The number of carbonyl (C=O) groups is 2. The lowest BCUT2D eigenvalue weighted by Gasteiger charge is -2.28. The van der Waals surface area contributed by atoms with Crippen molar-refractivity contribution in [3.05, 3.63) is 71.0 Å². The van der Waals surface area contributed by atoms with E-state index in [1.54, 1.807) is 24.3 Å². The number of hydrogen-bond acceptors (Lipinski definition) is 5. The van der Waals surface area contributed by atoms with Crippen molar-refractivity contribution in [3.63, 3.8) is 0 Å². The number of rotatable bonds is 3. The third kappa shape index (κ3) is 2.83. The SMILES string of the molecule is N#Cc1ccc([C@H]2[C@H]3C(=O)N(Cc4ccc(F)cc4)C(=O)[C@H]3[C@@H]3C[C@@H](O)CN32)cc1. The zero-order valence-electron chi connectivity index (χ0n) is 16.1. The summed E-state index contributed by atoms with van der Waals surface area (Å²) in [5.74, 6) is -1.85. The summed E-state index contributed by atoms with van der Waals surface area (Å²) < 4.78 is 13.2. The lowest BCUT2D eigenvalue weighted by atomic mass is 9.85. The molecule has 0 radical (unpaired) electrons. The zero-order chi connectivity index (χ0) is 21.0. The van der Waals surface area contributed by atoms with Gasteiger partial charge in [0.2, 0.25) is 11.8 Å². The second kappa shape index (κ2) is 7.01. The molecule has 30 heavy (non-hydrogen) atoms. The summed E-state index contributed by atoms with van der Waals surface area (Å²) in [5, 5.41) is 19.3. The molecule has 2 amide bonds. The predicted octanol–water partition coefficient (Wildman–Crippen LogP) is 1.99. The maximum absolute atomic E-state index is 13.4. The van der Waals surface area contributed by atoms with Crippen LogP contribution in [0, 0.1) is 29.0 Å². The van der Waals surface area contributed by atoms with Crippen molar-refractivity contribution in [2.45, 2.75) is 31.2 Å². The highest BCUT2D eigenvalue weighted by Gasteiger charge is 2.63. The fraction of sp³-hybridized carbons (Fsp3) is 0.348. The van der Waals surface area contributed by atoms with Crippen molar-refractivity contribution >= 4 is 11.8 Å². The van der Waals surface area contributed by atoms with Crippen LogP contribution in [-0.4, -0.2) is 45.4 Å². The molecular weight excluding hydrogens is 385 g/mol. The van der Waals surface area contributed by atoms with E-state index >= 15 is 0 Å². The van der Waals surface area contributed by atoms with Crippen LogP contribution in [0.1, 0.15) is 29.2 Å². The molecule has 0 unspecified atom stereocenters. The molecule has 1 N–H and O–H groups in total. The number of aliphatic hydroxyl groups is 1. The topological polar surface area (TPSA) is 84.6 Å². The molecule has 0 aliphatic carbocycles. The Morgan fingerprint density at radius 2 is 1.70 bits per heavy atom. The van der Waals surface area contributed by atoms with E-state index in [-0.39, 0.29) is 36.3 Å². The number of nitriles is 1. The van der Waals surface area contributed by atoms with Gasteiger partial charge in [-0.25, -0.2) is 4.39 Å². The van der Waals surface area contributed by atoms with E-state index in [2.05, 4.69) is 11.0 Å². The Labute approximate surface area is 173 Å². The lowest BCUT2D eigenvalue weighted by molar-refractivity contribution is -0.142. The van der Waals surface area contributed by atoms with E-state index < -0.39 is 17.9 Å². The predicted molar refractivity (Wildman–Crippen MR) is 104 cm³/mol. The Kier molecular flexibility index (Phi) is 4.42. The largest absolute Gasteiger partial charge is 0.392 e. The number of imide groups is 1. The summed E-state index contributed by atoms with van der Waals surface area (Å²) in [7, 11) is 0. The Morgan fingerprint density at radius 3 is 2.37 bits per heavy atom. The number of halogens is 1. The minimum atomic E-state index is -0.536. The number of fused-ring (bicyclic) bond motifs is 3. The molecule has 6 nitrogen and oxygen atoms in total. The summed E-state index contributed by atoms with van der Waals surface area (Å²) >= 11 is 0. The average molecular weight is 405 g/mol. The standard InChI is InChI=1S/C23H20FN3O3/c24-16-7-3-14(4-8-16)11-27-22(29)19-18-9-17(28)12-26(18)21(20(19)23(27)30)15-5-1-13(10-25)2-6-15/h1-8,17-21,28H,9,11-12H2/t17-,18+,19+,20+,21+/m1/s1. The minimum Gasteiger partial charge on any atom is -0.392 e. The Morgan fingerprint density at radius 1 is 1.03 bits per heavy atom. The van der Waals surface area contributed by atoms with Gasteiger partial charge in [-0.2, -0.15) is 5.26 Å². The monoisotopic (exact) mass is 405 g/mol. The molecule has 3 heterocycles. The van der Waals surface area contributed by atoms with Gasteiger partial charge in [-0.15, -0.1) is 0 Å². The molecule has 2 aromatic rings. The van der Waals surface area contributed by atoms with E-state index in [4.69, 9.17) is 5.26 Å². The normalized spacial score (nSPS) is 30.4. The van der Waals surface area contributed by atoms with Crippen LogP contribution in [0.3, 0.4) is 0 Å². The van der Waals surface area contributed by atoms with E-state index in [1.807, 2.05) is 12.1 Å². The quantitative estimate of drug-likeness (QED) is 0.790. The third-order valence-corrected chi connectivity index (χ3v) is 6.60. The Balaban J connectivity index is 1.50. The van der Waals surface area contributed by atoms with E-state index in [1.165, 1.54) is 17.0 Å². The van der Waals surface area contributed by atoms with Gasteiger partial charge in [0.25, 0.3) is 0 Å². The highest BCUT2D eigenvalue weighted by atomic mass is 19.1. The molecule has 3 fully saturated rings. The first-order valence-corrected chi connectivity index (χ1v) is 10.0. The van der Waals surface area contributed by atoms with Gasteiger partial charge in [0, 0.05) is 18.6 Å². The van der Waals surface area contributed by atoms with Gasteiger partial charge in [-0.3, -0.25) is 19.4 Å². The van der Waals surface area contributed by atoms with Gasteiger partial charge < -0.3 is 5.11 Å². The van der Waals surface area contributed by atoms with Crippen molar-refractivity contribution in [1.82, 2.24) is 9.80 Å². The van der Waals surface area contributed by atoms with Crippen LogP contribution in [-0.2, 0) is 16.1 Å². The fourth-order valence-corrected chi connectivity index (χ4v) is 5.34. The first-order valence-electron chi connectivity index (χ1n) is 10.0. The third-order valence-electron chi connectivity index (χ3n) is 6.60. The fourth-order valence-electron chi connectivity index (χ4n) is 5.34. The first-order chi connectivity index (χ1) is 14.5. The molecule has 5 atom stereocenters. The van der Waals surface area contributed by atoms with Gasteiger partial charge in [0.15, 0.2) is 0 Å². The number of carbonyl (C=O) groups excluding carboxylic acids is 2. The van der Waals surface area contributed by atoms with Crippen molar-refractivity contribution in [3.8, 4) is 6.07 Å². The maximum Gasteiger partial charge on any atom is 0.235 e. The van der Waals surface area contributed by atoms with Crippen LogP contribution in [0.25, 0.3) is 0 Å². The van der Waals surface area contributed by atoms with Crippen LogP contribution in [0.4, 0.5) is 4.39 Å². The molecule has 0 spiro atoms. The van der Waals surface area contributed by atoms with Crippen LogP contribution >= 0.6 is 0 Å². The molecule has 2 aromatic carbocycles. The summed E-state index contributed by atoms with van der Waals surface area (Å²) in [4.78, 5) is 30.0. The summed E-state index contributed by atoms with van der Waals surface area (Å²) in [6.45, 7) is 0.529. The van der Waals surface area contributed by atoms with Gasteiger partial charge in [0.1, 0.15) is 5.82 Å². The molecule has 0 aromatic heterocycles. The zero-order valence-corrected chi connectivity index (χ0v) is 16.1. The minimum absolute atomic E-state index is 0.111. The number of amides is 2. The Hall–Kier alpha value is -3.08. The average Bonchev–Trinajstić information content (AvgIpc) is 3.33. The maximum atomic E-state index is 13.4. The number of hydrogen-bond donors (Lipinski definition) is 1. The van der Waals surface area contributed by atoms with Crippen molar-refractivity contribution in [1.29, 1.82) is 5.26 Å². The molecule has 3 saturated heterocycles. The van der Waals surface area contributed by atoms with Crippen LogP contribution in [0.2, 0.25) is 0 Å². The molecule has 0 saturated carbocycles. The molecule has 3 aliphatic rings. The van der Waals surface area contributed by atoms with Crippen LogP contribution in [0.5, 0.6) is 0 Å². The second-order valence-corrected chi connectivity index (χ2v) is 8.27. The van der Waals surface area contributed by atoms with E-state index in [0.29, 0.717) is 24.1 Å². The molecule has 3 aliphatic heterocycles. The number of aliphatic hydroxyl groups excluding tert-OH is 1. The van der Waals surface area contributed by atoms with Gasteiger partial charge in [-0.1, -0.05) is 24.3 Å². The molecule has 7 heteroatoms. The van der Waals surface area contributed by atoms with E-state index in [0.717, 1.165) is 5.56 Å². The smallest absolute Gasteiger partial charge is 0.235 e. The van der Waals surface area contributed by atoms with Gasteiger partial charge in [0.05, 0.1) is 36.1 Å². The highest BCUT2D eigenvalue weighted by molar-refractivity contribution is 6.06. The second-order valence-electron chi connectivity index (χ2n) is 8.27. The molecule has 0 bridgehead atoms. The first kappa shape index (κ1) is 18.9. The molecule has 152 valence electrons. The summed E-state index contributed by atoms with van der Waals surface area (Å²) in [5.41, 5.74) is 2.08. The van der Waals surface area contributed by atoms with Crippen LogP contribution < -0.4 is 0 Å². The number of benzene rings is 2. The van der Waals surface area contributed by atoms with Gasteiger partial charge >= 0.3 is 0 Å². The number of nitrogens with zero attached hydrogens (tertiary/aromatic N) is 3. The summed E-state index contributed by atoms with van der Waals surface area (Å²) in [6.07, 6.45) is -0.0805. The van der Waals surface area contributed by atoms with Crippen molar-refractivity contribution in [2.75, 3.05) is 6.54 Å². The molecular formula is C23H20FN3O3. The highest BCUT2D eigenvalue weighted by Crippen LogP contribution is 2.53. The number of likely N-dealkylation sites (tertiary alicyclic amines) is 1. The van der Waals surface area contributed by atoms with Crippen LogP contribution in [0.15, 0.2) is 48.5 Å². The van der Waals surface area contributed by atoms with E-state index in [9.17, 15) is 19.1 Å². The Bertz CT molecular complexity index is 1050. The lowest BCUT2D eigenvalue weighted by Crippen LogP contribution is -2.39. The summed E-state index contributed by atoms with van der Waals surface area (Å²) in [6, 6.07) is 14.4. The van der Waals surface area contributed by atoms with Crippen molar-refractivity contribution < 1.29 is 19.1 Å². The molecule has 5 rings (SSSR count).